The first kappa shape index (κ1) is 12.6. The van der Waals surface area contributed by atoms with Crippen molar-refractivity contribution in [3.8, 4) is 0 Å². The molecule has 1 saturated carbocycles. The lowest BCUT2D eigenvalue weighted by Crippen LogP contribution is -2.43. The number of hydrogen-bond donors (Lipinski definition) is 2. The van der Waals surface area contributed by atoms with Gasteiger partial charge in [0.2, 0.25) is 10.0 Å². The largest absolute Gasteiger partial charge is 0.382 e. The van der Waals surface area contributed by atoms with Crippen molar-refractivity contribution in [3.63, 3.8) is 0 Å². The van der Waals surface area contributed by atoms with Gasteiger partial charge in [0.1, 0.15) is 10.7 Å². The maximum absolute atomic E-state index is 12.0. The maximum atomic E-state index is 12.0. The Labute approximate surface area is 105 Å². The molecule has 1 aromatic rings. The van der Waals surface area contributed by atoms with E-state index in [2.05, 4.69) is 16.6 Å². The van der Waals surface area contributed by atoms with E-state index in [9.17, 15) is 8.42 Å². The minimum atomic E-state index is -3.54. The van der Waals surface area contributed by atoms with Crippen molar-refractivity contribution in [2.75, 3.05) is 5.73 Å². The van der Waals surface area contributed by atoms with E-state index in [1.54, 1.807) is 0 Å². The number of anilines is 1. The Morgan fingerprint density at radius 1 is 1.53 bits per heavy atom. The molecular weight excluding hydrogens is 262 g/mol. The Bertz CT molecular complexity index is 526. The highest BCUT2D eigenvalue weighted by Crippen LogP contribution is 2.28. The SMILES string of the molecule is CC1CC(NS(=O)(=O)c2cnc(N)c(Cl)c2)C1. The van der Waals surface area contributed by atoms with Gasteiger partial charge in [-0.1, -0.05) is 18.5 Å². The number of pyridine rings is 1. The predicted molar refractivity (Wildman–Crippen MR) is 66.2 cm³/mol. The van der Waals surface area contributed by atoms with Crippen LogP contribution in [0, 0.1) is 5.92 Å². The molecule has 17 heavy (non-hydrogen) atoms. The van der Waals surface area contributed by atoms with Crippen LogP contribution in [0.3, 0.4) is 0 Å². The zero-order valence-electron chi connectivity index (χ0n) is 9.35. The highest BCUT2D eigenvalue weighted by molar-refractivity contribution is 7.89. The minimum Gasteiger partial charge on any atom is -0.382 e. The minimum absolute atomic E-state index is 0.0197. The fourth-order valence-corrected chi connectivity index (χ4v) is 3.33. The van der Waals surface area contributed by atoms with Gasteiger partial charge in [0.15, 0.2) is 0 Å². The van der Waals surface area contributed by atoms with Gasteiger partial charge in [-0.3, -0.25) is 0 Å². The number of hydrogen-bond acceptors (Lipinski definition) is 4. The summed E-state index contributed by atoms with van der Waals surface area (Å²) in [5.41, 5.74) is 5.43. The number of halogens is 1. The van der Waals surface area contributed by atoms with Crippen LogP contribution in [0.5, 0.6) is 0 Å². The number of nitrogens with zero attached hydrogens (tertiary/aromatic N) is 1. The first-order valence-electron chi connectivity index (χ1n) is 5.32. The second-order valence-electron chi connectivity index (χ2n) is 4.43. The van der Waals surface area contributed by atoms with E-state index in [1.807, 2.05) is 0 Å². The lowest BCUT2D eigenvalue weighted by molar-refractivity contribution is 0.270. The van der Waals surface area contributed by atoms with Gasteiger partial charge in [0.25, 0.3) is 0 Å². The van der Waals surface area contributed by atoms with E-state index in [4.69, 9.17) is 17.3 Å². The predicted octanol–water partition coefficient (Wildman–Crippen LogP) is 1.39. The second kappa shape index (κ2) is 4.44. The first-order chi connectivity index (χ1) is 7.88. The quantitative estimate of drug-likeness (QED) is 0.873. The normalized spacial score (nSPS) is 24.4. The molecule has 0 radical (unpaired) electrons. The van der Waals surface area contributed by atoms with Gasteiger partial charge in [-0.25, -0.2) is 18.1 Å². The summed E-state index contributed by atoms with van der Waals surface area (Å²) in [6.07, 6.45) is 2.95. The Kier molecular flexibility index (Phi) is 3.29. The van der Waals surface area contributed by atoms with Crippen molar-refractivity contribution >= 4 is 27.4 Å². The molecule has 0 spiro atoms. The van der Waals surface area contributed by atoms with E-state index >= 15 is 0 Å². The average molecular weight is 276 g/mol. The summed E-state index contributed by atoms with van der Waals surface area (Å²) >= 11 is 5.75. The fraction of sp³-hybridized carbons (Fsp3) is 0.500. The zero-order chi connectivity index (χ0) is 12.6. The zero-order valence-corrected chi connectivity index (χ0v) is 10.9. The molecule has 0 aliphatic heterocycles. The van der Waals surface area contributed by atoms with Gasteiger partial charge in [-0.05, 0) is 24.8 Å². The topological polar surface area (TPSA) is 85.1 Å². The van der Waals surface area contributed by atoms with Crippen LogP contribution in [-0.4, -0.2) is 19.4 Å². The molecule has 94 valence electrons. The molecule has 0 saturated heterocycles. The van der Waals surface area contributed by atoms with Crippen LogP contribution < -0.4 is 10.5 Å². The maximum Gasteiger partial charge on any atom is 0.242 e. The third-order valence-electron chi connectivity index (χ3n) is 2.85. The van der Waals surface area contributed by atoms with Crippen molar-refractivity contribution in [1.82, 2.24) is 9.71 Å². The third kappa shape index (κ3) is 2.70. The van der Waals surface area contributed by atoms with Gasteiger partial charge >= 0.3 is 0 Å². The molecule has 3 N–H and O–H groups in total. The number of rotatable bonds is 3. The lowest BCUT2D eigenvalue weighted by atomic mass is 9.83. The van der Waals surface area contributed by atoms with E-state index in [1.165, 1.54) is 12.3 Å². The van der Waals surface area contributed by atoms with E-state index in [0.29, 0.717) is 5.92 Å². The van der Waals surface area contributed by atoms with E-state index in [0.717, 1.165) is 12.8 Å². The molecule has 0 amide bonds. The van der Waals surface area contributed by atoms with Gasteiger partial charge in [-0.15, -0.1) is 0 Å². The van der Waals surface area contributed by atoms with Crippen molar-refractivity contribution in [3.05, 3.63) is 17.3 Å². The van der Waals surface area contributed by atoms with Crippen molar-refractivity contribution in [2.45, 2.75) is 30.7 Å². The van der Waals surface area contributed by atoms with Crippen LogP contribution in [0.15, 0.2) is 17.2 Å². The molecule has 0 bridgehead atoms. The van der Waals surface area contributed by atoms with Crippen LogP contribution in [0.2, 0.25) is 5.02 Å². The number of nitrogens with two attached hydrogens (primary N) is 1. The van der Waals surface area contributed by atoms with Gasteiger partial charge < -0.3 is 5.73 Å². The fourth-order valence-electron chi connectivity index (χ4n) is 1.86. The average Bonchev–Trinajstić information content (AvgIpc) is 2.19. The van der Waals surface area contributed by atoms with Crippen LogP contribution in [-0.2, 0) is 10.0 Å². The van der Waals surface area contributed by atoms with Crippen molar-refractivity contribution in [1.29, 1.82) is 0 Å². The number of nitrogens with one attached hydrogen (secondary N) is 1. The second-order valence-corrected chi connectivity index (χ2v) is 6.55. The molecule has 1 aliphatic rings. The summed E-state index contributed by atoms with van der Waals surface area (Å²) in [6.45, 7) is 2.09. The Hall–Kier alpha value is -0.850. The molecule has 1 heterocycles. The molecule has 2 rings (SSSR count). The molecule has 0 unspecified atom stereocenters. The molecular formula is C10H14ClN3O2S. The smallest absolute Gasteiger partial charge is 0.242 e. The Morgan fingerprint density at radius 3 is 2.71 bits per heavy atom. The number of aromatic nitrogens is 1. The summed E-state index contributed by atoms with van der Waals surface area (Å²) in [5, 5.41) is 0.148. The molecule has 0 atom stereocenters. The highest BCUT2D eigenvalue weighted by atomic mass is 35.5. The standard InChI is InChI=1S/C10H14ClN3O2S/c1-6-2-7(3-6)14-17(15,16)8-4-9(11)10(12)13-5-8/h4-7,14H,2-3H2,1H3,(H2,12,13). The molecule has 5 nitrogen and oxygen atoms in total. The highest BCUT2D eigenvalue weighted by Gasteiger charge is 2.30. The summed E-state index contributed by atoms with van der Waals surface area (Å²) in [7, 11) is -3.54. The van der Waals surface area contributed by atoms with Crippen LogP contribution in [0.1, 0.15) is 19.8 Å². The van der Waals surface area contributed by atoms with Crippen molar-refractivity contribution < 1.29 is 8.42 Å². The molecule has 0 aromatic carbocycles. The van der Waals surface area contributed by atoms with E-state index in [-0.39, 0.29) is 21.8 Å². The van der Waals surface area contributed by atoms with Crippen LogP contribution >= 0.6 is 11.6 Å². The van der Waals surface area contributed by atoms with E-state index < -0.39 is 10.0 Å². The lowest BCUT2D eigenvalue weighted by Gasteiger charge is -2.32. The van der Waals surface area contributed by atoms with Gasteiger partial charge in [0, 0.05) is 12.2 Å². The van der Waals surface area contributed by atoms with Crippen LogP contribution in [0.4, 0.5) is 5.82 Å². The molecule has 1 aromatic heterocycles. The molecule has 7 heteroatoms. The van der Waals surface area contributed by atoms with Gasteiger partial charge in [-0.2, -0.15) is 0 Å². The number of nitrogen functional groups attached to an aromatic ring is 1. The summed E-state index contributed by atoms with van der Waals surface area (Å²) in [6, 6.07) is 1.33. The third-order valence-corrected chi connectivity index (χ3v) is 4.64. The Morgan fingerprint density at radius 2 is 2.18 bits per heavy atom. The van der Waals surface area contributed by atoms with Crippen molar-refractivity contribution in [2.24, 2.45) is 5.92 Å². The summed E-state index contributed by atoms with van der Waals surface area (Å²) in [4.78, 5) is 3.79. The number of sulfonamides is 1. The summed E-state index contributed by atoms with van der Waals surface area (Å²) < 4.78 is 26.5. The van der Waals surface area contributed by atoms with Crippen LogP contribution in [0.25, 0.3) is 0 Å². The Balaban J connectivity index is 2.17. The molecule has 1 fully saturated rings. The molecule has 1 aliphatic carbocycles. The first-order valence-corrected chi connectivity index (χ1v) is 7.18. The monoisotopic (exact) mass is 275 g/mol. The summed E-state index contributed by atoms with van der Waals surface area (Å²) in [5.74, 6) is 0.707. The van der Waals surface area contributed by atoms with Gasteiger partial charge in [0.05, 0.1) is 5.02 Å².